The minimum atomic E-state index is -0.718. The highest BCUT2D eigenvalue weighted by molar-refractivity contribution is 5.83. The lowest BCUT2D eigenvalue weighted by Gasteiger charge is -2.15. The molecule has 1 aromatic carbocycles. The Morgan fingerprint density at radius 2 is 2.28 bits per heavy atom. The summed E-state index contributed by atoms with van der Waals surface area (Å²) in [6, 6.07) is 7.96. The third-order valence-electron chi connectivity index (χ3n) is 3.70. The van der Waals surface area contributed by atoms with Crippen LogP contribution in [0.15, 0.2) is 28.7 Å². The fraction of sp³-hybridized carbons (Fsp3) is 0.400. The Kier molecular flexibility index (Phi) is 2.62. The molecule has 1 aliphatic carbocycles. The first-order valence-electron chi connectivity index (χ1n) is 6.36. The van der Waals surface area contributed by atoms with Gasteiger partial charge >= 0.3 is 5.97 Å². The first-order valence-corrected chi connectivity index (χ1v) is 6.36. The molecule has 1 aliphatic rings. The Hall–Kier alpha value is -1.77. The zero-order valence-corrected chi connectivity index (χ0v) is 10.3. The van der Waals surface area contributed by atoms with E-state index in [4.69, 9.17) is 9.52 Å². The third-order valence-corrected chi connectivity index (χ3v) is 3.70. The summed E-state index contributed by atoms with van der Waals surface area (Å²) in [6.45, 7) is 1.92. The van der Waals surface area contributed by atoms with Gasteiger partial charge in [0, 0.05) is 5.39 Å². The Morgan fingerprint density at radius 1 is 1.50 bits per heavy atom. The summed E-state index contributed by atoms with van der Waals surface area (Å²) < 4.78 is 5.62. The molecule has 94 valence electrons. The van der Waals surface area contributed by atoms with E-state index in [2.05, 4.69) is 0 Å². The summed E-state index contributed by atoms with van der Waals surface area (Å²) in [6.07, 6.45) is 2.50. The summed E-state index contributed by atoms with van der Waals surface area (Å²) in [5.74, 6) is 0.816. The zero-order chi connectivity index (χ0) is 12.7. The van der Waals surface area contributed by atoms with Crippen molar-refractivity contribution in [1.29, 1.82) is 0 Å². The largest absolute Gasteiger partial charge is 0.481 e. The Morgan fingerprint density at radius 3 is 2.94 bits per heavy atom. The van der Waals surface area contributed by atoms with Crippen molar-refractivity contribution < 1.29 is 14.3 Å². The summed E-state index contributed by atoms with van der Waals surface area (Å²) in [5, 5.41) is 10.2. The van der Waals surface area contributed by atoms with Crippen molar-refractivity contribution in [2.45, 2.75) is 32.1 Å². The van der Waals surface area contributed by atoms with Crippen molar-refractivity contribution in [3.8, 4) is 0 Å². The molecule has 1 heterocycles. The van der Waals surface area contributed by atoms with Crippen LogP contribution in [0, 0.1) is 12.8 Å². The van der Waals surface area contributed by atoms with E-state index < -0.39 is 5.97 Å². The van der Waals surface area contributed by atoms with Gasteiger partial charge in [-0.05, 0) is 49.3 Å². The molecule has 2 aromatic rings. The molecule has 1 aromatic heterocycles. The van der Waals surface area contributed by atoms with Crippen molar-refractivity contribution in [2.75, 3.05) is 0 Å². The molecule has 18 heavy (non-hydrogen) atoms. The number of rotatable bonds is 4. The molecule has 0 spiro atoms. The zero-order valence-electron chi connectivity index (χ0n) is 10.3. The Bertz CT molecular complexity index is 593. The van der Waals surface area contributed by atoms with Gasteiger partial charge in [0.15, 0.2) is 0 Å². The Balaban J connectivity index is 2.07. The predicted octanol–water partition coefficient (Wildman–Crippen LogP) is 3.71. The standard InChI is InChI=1S/C15H16O3/c1-9-7-13-11(3-2-4-14(13)18-9)12(8-15(16)17)10-5-6-10/h2-4,7,10,12H,5-6,8H2,1H3,(H,16,17). The van der Waals surface area contributed by atoms with Crippen LogP contribution in [0.25, 0.3) is 11.0 Å². The van der Waals surface area contributed by atoms with E-state index in [0.717, 1.165) is 35.1 Å². The van der Waals surface area contributed by atoms with Crippen LogP contribution in [-0.2, 0) is 4.79 Å². The van der Waals surface area contributed by atoms with E-state index in [9.17, 15) is 4.79 Å². The molecule has 0 saturated heterocycles. The number of aliphatic carboxylic acids is 1. The molecule has 0 aliphatic heterocycles. The van der Waals surface area contributed by atoms with Crippen LogP contribution in [0.1, 0.15) is 36.5 Å². The van der Waals surface area contributed by atoms with Gasteiger partial charge in [-0.2, -0.15) is 0 Å². The number of fused-ring (bicyclic) bond motifs is 1. The third kappa shape index (κ3) is 2.01. The van der Waals surface area contributed by atoms with E-state index in [0.29, 0.717) is 5.92 Å². The lowest BCUT2D eigenvalue weighted by molar-refractivity contribution is -0.137. The van der Waals surface area contributed by atoms with Crippen LogP contribution < -0.4 is 0 Å². The molecule has 3 heteroatoms. The minimum absolute atomic E-state index is 0.128. The number of carboxylic acids is 1. The van der Waals surface area contributed by atoms with Crippen LogP contribution in [0.5, 0.6) is 0 Å². The summed E-state index contributed by atoms with van der Waals surface area (Å²) in [4.78, 5) is 11.0. The SMILES string of the molecule is Cc1cc2c(C(CC(=O)O)C3CC3)cccc2o1. The van der Waals surface area contributed by atoms with Gasteiger partial charge in [-0.25, -0.2) is 0 Å². The number of aryl methyl sites for hydroxylation is 1. The van der Waals surface area contributed by atoms with Crippen molar-refractivity contribution >= 4 is 16.9 Å². The predicted molar refractivity (Wildman–Crippen MR) is 68.7 cm³/mol. The fourth-order valence-corrected chi connectivity index (χ4v) is 2.75. The maximum atomic E-state index is 11.0. The highest BCUT2D eigenvalue weighted by Crippen LogP contribution is 2.46. The highest BCUT2D eigenvalue weighted by Gasteiger charge is 2.34. The number of furan rings is 1. The normalized spacial score (nSPS) is 16.9. The monoisotopic (exact) mass is 244 g/mol. The second kappa shape index (κ2) is 4.16. The molecule has 1 fully saturated rings. The average Bonchev–Trinajstić information content (AvgIpc) is 3.06. The van der Waals surface area contributed by atoms with E-state index in [-0.39, 0.29) is 12.3 Å². The first kappa shape index (κ1) is 11.3. The molecule has 3 nitrogen and oxygen atoms in total. The van der Waals surface area contributed by atoms with Gasteiger partial charge in [0.1, 0.15) is 11.3 Å². The summed E-state index contributed by atoms with van der Waals surface area (Å²) in [7, 11) is 0. The van der Waals surface area contributed by atoms with E-state index in [1.807, 2.05) is 31.2 Å². The quantitative estimate of drug-likeness (QED) is 0.891. The van der Waals surface area contributed by atoms with Gasteiger partial charge in [-0.1, -0.05) is 12.1 Å². The number of hydrogen-bond acceptors (Lipinski definition) is 2. The van der Waals surface area contributed by atoms with Crippen molar-refractivity contribution in [3.63, 3.8) is 0 Å². The smallest absolute Gasteiger partial charge is 0.303 e. The highest BCUT2D eigenvalue weighted by atomic mass is 16.4. The molecule has 0 amide bonds. The lowest BCUT2D eigenvalue weighted by atomic mass is 9.89. The van der Waals surface area contributed by atoms with E-state index in [1.165, 1.54) is 0 Å². The molecule has 1 atom stereocenters. The van der Waals surface area contributed by atoms with Crippen molar-refractivity contribution in [3.05, 3.63) is 35.6 Å². The molecule has 1 saturated carbocycles. The topological polar surface area (TPSA) is 50.4 Å². The van der Waals surface area contributed by atoms with Crippen LogP contribution in [0.4, 0.5) is 0 Å². The number of carboxylic acid groups (broad SMARTS) is 1. The van der Waals surface area contributed by atoms with Gasteiger partial charge in [0.25, 0.3) is 0 Å². The molecule has 3 rings (SSSR count). The molecule has 1 unspecified atom stereocenters. The molecule has 1 N–H and O–H groups in total. The lowest BCUT2D eigenvalue weighted by Crippen LogP contribution is -2.08. The summed E-state index contributed by atoms with van der Waals surface area (Å²) >= 11 is 0. The summed E-state index contributed by atoms with van der Waals surface area (Å²) in [5.41, 5.74) is 2.00. The first-order chi connectivity index (χ1) is 8.65. The van der Waals surface area contributed by atoms with Gasteiger partial charge < -0.3 is 9.52 Å². The van der Waals surface area contributed by atoms with Crippen molar-refractivity contribution in [1.82, 2.24) is 0 Å². The molecule has 0 bridgehead atoms. The van der Waals surface area contributed by atoms with Gasteiger partial charge in [0.05, 0.1) is 6.42 Å². The number of carbonyl (C=O) groups is 1. The number of hydrogen-bond donors (Lipinski definition) is 1. The van der Waals surface area contributed by atoms with Crippen LogP contribution in [-0.4, -0.2) is 11.1 Å². The number of benzene rings is 1. The maximum Gasteiger partial charge on any atom is 0.303 e. The fourth-order valence-electron chi connectivity index (χ4n) is 2.75. The Labute approximate surface area is 105 Å². The van der Waals surface area contributed by atoms with Crippen LogP contribution in [0.3, 0.4) is 0 Å². The van der Waals surface area contributed by atoms with E-state index in [1.54, 1.807) is 0 Å². The average molecular weight is 244 g/mol. The second-order valence-electron chi connectivity index (χ2n) is 5.16. The van der Waals surface area contributed by atoms with E-state index >= 15 is 0 Å². The van der Waals surface area contributed by atoms with Gasteiger partial charge in [0.2, 0.25) is 0 Å². The van der Waals surface area contributed by atoms with Gasteiger partial charge in [-0.15, -0.1) is 0 Å². The maximum absolute atomic E-state index is 11.0. The van der Waals surface area contributed by atoms with Crippen molar-refractivity contribution in [2.24, 2.45) is 5.92 Å². The minimum Gasteiger partial charge on any atom is -0.481 e. The molecular weight excluding hydrogens is 228 g/mol. The van der Waals surface area contributed by atoms with Crippen LogP contribution >= 0.6 is 0 Å². The molecular formula is C15H16O3. The van der Waals surface area contributed by atoms with Gasteiger partial charge in [-0.3, -0.25) is 4.79 Å². The van der Waals surface area contributed by atoms with Crippen LogP contribution in [0.2, 0.25) is 0 Å². The second-order valence-corrected chi connectivity index (χ2v) is 5.16. The molecule has 0 radical (unpaired) electrons.